The summed E-state index contributed by atoms with van der Waals surface area (Å²) in [6, 6.07) is 4.44. The Kier molecular flexibility index (Phi) is 6.56. The van der Waals surface area contributed by atoms with Crippen molar-refractivity contribution in [2.45, 2.75) is 88.6 Å². The molecule has 0 atom stereocenters. The fourth-order valence-corrected chi connectivity index (χ4v) is 18.3. The standard InChI is InChI=1S/C22H38OSi2/c1-17(2)13-24(14-18(3)4,21-9-10-21)23-25(15-19(5)6,16-20(7)8)22-11-12-22/h21-22H,1,3,5,7,9-16H2,2,4,6,8H3. The Morgan fingerprint density at radius 3 is 1.04 bits per heavy atom. The van der Waals surface area contributed by atoms with Crippen LogP contribution in [-0.2, 0) is 4.12 Å². The van der Waals surface area contributed by atoms with Crippen molar-refractivity contribution in [2.75, 3.05) is 0 Å². The van der Waals surface area contributed by atoms with E-state index in [0.29, 0.717) is 0 Å². The predicted molar refractivity (Wildman–Crippen MR) is 117 cm³/mol. The van der Waals surface area contributed by atoms with Crippen LogP contribution < -0.4 is 0 Å². The van der Waals surface area contributed by atoms with Gasteiger partial charge in [-0.05, 0) is 63.0 Å². The fraction of sp³-hybridized carbons (Fsp3) is 0.636. The molecule has 0 aromatic heterocycles. The normalized spacial score (nSPS) is 18.1. The number of allylic oxidation sites excluding steroid dienone is 4. The van der Waals surface area contributed by atoms with Crippen LogP contribution in [0.2, 0.25) is 35.3 Å². The minimum Gasteiger partial charge on any atom is -0.453 e. The molecule has 0 aromatic carbocycles. The summed E-state index contributed by atoms with van der Waals surface area (Å²) in [5.74, 6) is 0. The summed E-state index contributed by atoms with van der Waals surface area (Å²) >= 11 is 0. The number of hydrogen-bond donors (Lipinski definition) is 0. The van der Waals surface area contributed by atoms with Gasteiger partial charge in [0.25, 0.3) is 0 Å². The molecular formula is C22H38OSi2. The molecule has 140 valence electrons. The van der Waals surface area contributed by atoms with Gasteiger partial charge in [0.1, 0.15) is 0 Å². The average Bonchev–Trinajstić information content (AvgIpc) is 3.26. The first kappa shape index (κ1) is 20.7. The molecule has 2 aliphatic carbocycles. The zero-order valence-electron chi connectivity index (χ0n) is 17.0. The lowest BCUT2D eigenvalue weighted by atomic mass is 10.4. The van der Waals surface area contributed by atoms with Crippen molar-refractivity contribution in [1.82, 2.24) is 0 Å². The van der Waals surface area contributed by atoms with E-state index in [1.54, 1.807) is 0 Å². The van der Waals surface area contributed by atoms with E-state index in [0.717, 1.165) is 35.3 Å². The highest BCUT2D eigenvalue weighted by atomic mass is 28.4. The largest absolute Gasteiger partial charge is 0.453 e. The molecule has 0 aliphatic heterocycles. The third kappa shape index (κ3) is 5.67. The highest BCUT2D eigenvalue weighted by molar-refractivity contribution is 6.90. The predicted octanol–water partition coefficient (Wildman–Crippen LogP) is 7.53. The lowest BCUT2D eigenvalue weighted by molar-refractivity contribution is 0.507. The molecule has 0 heterocycles. The first-order chi connectivity index (χ1) is 11.6. The van der Waals surface area contributed by atoms with Crippen molar-refractivity contribution in [2.24, 2.45) is 0 Å². The van der Waals surface area contributed by atoms with Crippen LogP contribution in [0.15, 0.2) is 48.6 Å². The van der Waals surface area contributed by atoms with E-state index in [-0.39, 0.29) is 0 Å². The van der Waals surface area contributed by atoms with Crippen LogP contribution in [0, 0.1) is 0 Å². The summed E-state index contributed by atoms with van der Waals surface area (Å²) in [5, 5.41) is 0. The molecule has 2 fully saturated rings. The molecule has 3 heteroatoms. The average molecular weight is 375 g/mol. The zero-order valence-corrected chi connectivity index (χ0v) is 19.0. The third-order valence-corrected chi connectivity index (χ3v) is 17.6. The van der Waals surface area contributed by atoms with E-state index >= 15 is 0 Å². The van der Waals surface area contributed by atoms with Gasteiger partial charge >= 0.3 is 0 Å². The van der Waals surface area contributed by atoms with Gasteiger partial charge in [-0.3, -0.25) is 0 Å². The first-order valence-electron chi connectivity index (χ1n) is 9.86. The van der Waals surface area contributed by atoms with Crippen molar-refractivity contribution in [1.29, 1.82) is 0 Å². The Balaban J connectivity index is 2.41. The SMILES string of the molecule is C=C(C)C[Si](CC(=C)C)(O[Si](CC(=C)C)(CC(=C)C)C1CC1)C1CC1. The molecule has 2 saturated carbocycles. The van der Waals surface area contributed by atoms with Crippen molar-refractivity contribution in [3.05, 3.63) is 48.6 Å². The smallest absolute Gasteiger partial charge is 0.190 e. The third-order valence-electron chi connectivity index (χ3n) is 5.45. The Bertz CT molecular complexity index is 485. The Morgan fingerprint density at radius 1 is 0.640 bits per heavy atom. The zero-order chi connectivity index (χ0) is 18.8. The number of rotatable bonds is 12. The lowest BCUT2D eigenvalue weighted by Crippen LogP contribution is -2.53. The molecule has 2 rings (SSSR count). The molecule has 0 unspecified atom stereocenters. The van der Waals surface area contributed by atoms with Crippen LogP contribution in [0.3, 0.4) is 0 Å². The van der Waals surface area contributed by atoms with Crippen LogP contribution in [-0.4, -0.2) is 16.6 Å². The van der Waals surface area contributed by atoms with Crippen molar-refractivity contribution < 1.29 is 4.12 Å². The molecular weight excluding hydrogens is 336 g/mol. The van der Waals surface area contributed by atoms with Gasteiger partial charge in [-0.15, -0.1) is 26.3 Å². The van der Waals surface area contributed by atoms with Gasteiger partial charge in [0.2, 0.25) is 0 Å². The van der Waals surface area contributed by atoms with Gasteiger partial charge in [-0.25, -0.2) is 0 Å². The van der Waals surface area contributed by atoms with E-state index in [1.807, 2.05) is 0 Å². The maximum atomic E-state index is 7.55. The van der Waals surface area contributed by atoms with E-state index in [4.69, 9.17) is 4.12 Å². The minimum atomic E-state index is -1.90. The minimum absolute atomic E-state index is 0.807. The van der Waals surface area contributed by atoms with Gasteiger partial charge < -0.3 is 4.12 Å². The van der Waals surface area contributed by atoms with E-state index in [1.165, 1.54) is 48.0 Å². The second kappa shape index (κ2) is 7.93. The monoisotopic (exact) mass is 374 g/mol. The lowest BCUT2D eigenvalue weighted by Gasteiger charge is -2.44. The highest BCUT2D eigenvalue weighted by Crippen LogP contribution is 2.58. The van der Waals surface area contributed by atoms with E-state index < -0.39 is 16.6 Å². The maximum absolute atomic E-state index is 7.55. The van der Waals surface area contributed by atoms with Crippen LogP contribution in [0.4, 0.5) is 0 Å². The Hall–Kier alpha value is -0.646. The molecule has 0 bridgehead atoms. The molecule has 0 N–H and O–H groups in total. The number of hydrogen-bond acceptors (Lipinski definition) is 1. The summed E-state index contributed by atoms with van der Waals surface area (Å²) in [7, 11) is -3.80. The molecule has 0 radical (unpaired) electrons. The molecule has 0 aromatic rings. The fourth-order valence-electron chi connectivity index (χ4n) is 4.68. The Labute approximate surface area is 158 Å². The summed E-state index contributed by atoms with van der Waals surface area (Å²) in [6.07, 6.45) is 5.40. The van der Waals surface area contributed by atoms with Crippen molar-refractivity contribution in [3.63, 3.8) is 0 Å². The highest BCUT2D eigenvalue weighted by Gasteiger charge is 2.57. The summed E-state index contributed by atoms with van der Waals surface area (Å²) in [4.78, 5) is 0. The summed E-state index contributed by atoms with van der Waals surface area (Å²) in [5.41, 5.74) is 6.80. The van der Waals surface area contributed by atoms with Crippen molar-refractivity contribution in [3.8, 4) is 0 Å². The maximum Gasteiger partial charge on any atom is 0.190 e. The van der Waals surface area contributed by atoms with Crippen molar-refractivity contribution >= 4 is 16.6 Å². The first-order valence-corrected chi connectivity index (χ1v) is 14.7. The van der Waals surface area contributed by atoms with Crippen LogP contribution in [0.5, 0.6) is 0 Å². The van der Waals surface area contributed by atoms with Gasteiger partial charge in [0.15, 0.2) is 16.6 Å². The molecule has 2 aliphatic rings. The molecule has 1 nitrogen and oxygen atoms in total. The van der Waals surface area contributed by atoms with Gasteiger partial charge in [0.05, 0.1) is 0 Å². The second-order valence-electron chi connectivity index (χ2n) is 9.32. The Morgan fingerprint density at radius 2 is 0.880 bits per heavy atom. The van der Waals surface area contributed by atoms with Crippen LogP contribution >= 0.6 is 0 Å². The van der Waals surface area contributed by atoms with E-state index in [9.17, 15) is 0 Å². The summed E-state index contributed by atoms with van der Waals surface area (Å²) in [6.45, 7) is 25.8. The van der Waals surface area contributed by atoms with Crippen LogP contribution in [0.1, 0.15) is 53.4 Å². The molecule has 0 amide bonds. The molecule has 0 spiro atoms. The van der Waals surface area contributed by atoms with Gasteiger partial charge in [0, 0.05) is 0 Å². The van der Waals surface area contributed by atoms with Crippen LogP contribution in [0.25, 0.3) is 0 Å². The topological polar surface area (TPSA) is 9.23 Å². The van der Waals surface area contributed by atoms with Gasteiger partial charge in [-0.1, -0.05) is 48.0 Å². The second-order valence-corrected chi connectivity index (χ2v) is 17.4. The molecule has 25 heavy (non-hydrogen) atoms. The quantitative estimate of drug-likeness (QED) is 0.253. The molecule has 0 saturated heterocycles. The summed E-state index contributed by atoms with van der Waals surface area (Å²) < 4.78 is 7.55. The van der Waals surface area contributed by atoms with E-state index in [2.05, 4.69) is 54.0 Å². The van der Waals surface area contributed by atoms with Gasteiger partial charge in [-0.2, -0.15) is 0 Å².